The van der Waals surface area contributed by atoms with Crippen LogP contribution in [0.15, 0.2) is 48.2 Å². The number of ether oxygens (including phenoxy) is 1. The van der Waals surface area contributed by atoms with Crippen molar-refractivity contribution in [3.05, 3.63) is 71.0 Å². The van der Waals surface area contributed by atoms with Gasteiger partial charge in [0.25, 0.3) is 0 Å². The number of anilines is 1. The summed E-state index contributed by atoms with van der Waals surface area (Å²) in [5.74, 6) is 0.854. The molecule has 6 rings (SSSR count). The summed E-state index contributed by atoms with van der Waals surface area (Å²) in [6.45, 7) is 3.66. The molecule has 2 aliphatic rings. The topological polar surface area (TPSA) is 132 Å². The Morgan fingerprint density at radius 2 is 1.80 bits per heavy atom. The Kier molecular flexibility index (Phi) is 9.95. The quantitative estimate of drug-likeness (QED) is 0.120. The van der Waals surface area contributed by atoms with E-state index < -0.39 is 6.97 Å². The molecule has 0 atom stereocenters. The van der Waals surface area contributed by atoms with Gasteiger partial charge in [0.2, 0.25) is 11.8 Å². The number of nitrogen functional groups attached to an aromatic ring is 1. The van der Waals surface area contributed by atoms with Gasteiger partial charge in [-0.2, -0.15) is 0 Å². The van der Waals surface area contributed by atoms with E-state index in [1.807, 2.05) is 42.7 Å². The molecule has 2 amide bonds. The average Bonchev–Trinajstić information content (AvgIpc) is 3.74. The molecular formula is C35H43BF2N8O3. The number of aromatic nitrogens is 4. The van der Waals surface area contributed by atoms with E-state index in [4.69, 9.17) is 15.5 Å². The van der Waals surface area contributed by atoms with E-state index in [1.54, 1.807) is 31.2 Å². The number of imidazole rings is 1. The van der Waals surface area contributed by atoms with Gasteiger partial charge >= 0.3 is 6.97 Å². The van der Waals surface area contributed by atoms with Crippen LogP contribution in [0.4, 0.5) is 14.4 Å². The van der Waals surface area contributed by atoms with Gasteiger partial charge in [0.1, 0.15) is 23.7 Å². The number of rotatable bonds is 15. The standard InChI is InChI=1S/C35H43BF2N8O3/c1-4-49-22-30-43-33-34(27-10-7-8-11-28(27)42-35(33)39)44(30)19-18-41-31(47)12-6-5-9-17-40-32(48)16-15-25-13-14-26-21-29-23(2)20-24(3)45(29)36(37,38)46(25)26/h7-8,10-11,13-14,20-21H,4-6,9,12,15-19,22H2,1-3H3,(H2,39,42)(H,40,48)(H,41,47). The second-order valence-corrected chi connectivity index (χ2v) is 12.6. The van der Waals surface area contributed by atoms with E-state index in [1.165, 1.54) is 0 Å². The Morgan fingerprint density at radius 3 is 2.61 bits per heavy atom. The smallest absolute Gasteiger partial charge is 0.394 e. The molecule has 0 saturated heterocycles. The van der Waals surface area contributed by atoms with E-state index >= 15 is 8.63 Å². The fourth-order valence-corrected chi connectivity index (χ4v) is 6.89. The van der Waals surface area contributed by atoms with Gasteiger partial charge < -0.3 is 43.3 Å². The lowest BCUT2D eigenvalue weighted by molar-refractivity contribution is -0.362. The third-order valence-corrected chi connectivity index (χ3v) is 9.20. The molecule has 1 aromatic carbocycles. The third kappa shape index (κ3) is 6.87. The minimum Gasteiger partial charge on any atom is -0.394 e. The summed E-state index contributed by atoms with van der Waals surface area (Å²) in [5, 5.41) is 6.83. The van der Waals surface area contributed by atoms with Crippen molar-refractivity contribution in [2.24, 2.45) is 0 Å². The number of para-hydroxylation sites is 1. The number of halogens is 2. The lowest BCUT2D eigenvalue weighted by Gasteiger charge is -2.30. The van der Waals surface area contributed by atoms with Gasteiger partial charge in [-0.25, -0.2) is 9.97 Å². The molecule has 0 unspecified atom stereocenters. The summed E-state index contributed by atoms with van der Waals surface area (Å²) in [7, 11) is 0. The molecule has 49 heavy (non-hydrogen) atoms. The zero-order chi connectivity index (χ0) is 34.7. The molecule has 11 nitrogen and oxygen atoms in total. The van der Waals surface area contributed by atoms with Gasteiger partial charge in [0.15, 0.2) is 11.5 Å². The molecule has 0 fully saturated rings. The molecule has 2 aliphatic heterocycles. The van der Waals surface area contributed by atoms with Crippen LogP contribution in [0.1, 0.15) is 68.2 Å². The first-order valence-corrected chi connectivity index (χ1v) is 17.0. The second kappa shape index (κ2) is 14.3. The highest BCUT2D eigenvalue weighted by Crippen LogP contribution is 2.34. The third-order valence-electron chi connectivity index (χ3n) is 9.20. The molecule has 3 aromatic heterocycles. The second-order valence-electron chi connectivity index (χ2n) is 12.6. The number of nitrogens with zero attached hydrogens (tertiary/aromatic N) is 5. The van der Waals surface area contributed by atoms with Crippen molar-refractivity contribution in [2.75, 3.05) is 25.4 Å². The molecule has 4 N–H and O–H groups in total. The van der Waals surface area contributed by atoms with E-state index in [0.717, 1.165) is 49.6 Å². The number of allylic oxidation sites excluding steroid dienone is 2. The van der Waals surface area contributed by atoms with Gasteiger partial charge in [-0.1, -0.05) is 24.6 Å². The highest BCUT2D eigenvalue weighted by atomic mass is 19.2. The number of fused-ring (bicyclic) bond motifs is 5. The van der Waals surface area contributed by atoms with E-state index in [0.29, 0.717) is 79.8 Å². The summed E-state index contributed by atoms with van der Waals surface area (Å²) < 4.78 is 41.1. The highest BCUT2D eigenvalue weighted by molar-refractivity contribution is 6.58. The molecule has 5 heterocycles. The van der Waals surface area contributed by atoms with E-state index in [-0.39, 0.29) is 24.7 Å². The largest absolute Gasteiger partial charge is 0.737 e. The van der Waals surface area contributed by atoms with Crippen LogP contribution in [0, 0.1) is 13.8 Å². The van der Waals surface area contributed by atoms with Crippen molar-refractivity contribution in [3.8, 4) is 0 Å². The number of hydrogen-bond acceptors (Lipinski definition) is 6. The van der Waals surface area contributed by atoms with Crippen LogP contribution < -0.4 is 16.4 Å². The molecule has 0 spiro atoms. The SMILES string of the molecule is CCOCc1nc2c(N)nc3ccccc3c2n1CCNC(=O)CCCCCNC(=O)CCC1=[N+]2C(=Cc3c(C)cc(C)n3[B-]2(F)F)C=C1. The van der Waals surface area contributed by atoms with Crippen molar-refractivity contribution in [2.45, 2.75) is 72.4 Å². The van der Waals surface area contributed by atoms with Crippen LogP contribution >= 0.6 is 0 Å². The Bertz CT molecular complexity index is 2010. The normalized spacial score (nSPS) is 14.8. The number of nitrogens with one attached hydrogen (secondary N) is 2. The molecule has 14 heteroatoms. The molecule has 0 bridgehead atoms. The maximum atomic E-state index is 15.6. The van der Waals surface area contributed by atoms with Crippen molar-refractivity contribution in [1.29, 1.82) is 0 Å². The number of nitrogens with two attached hydrogens (primary N) is 1. The van der Waals surface area contributed by atoms with Gasteiger partial charge in [-0.05, 0) is 57.0 Å². The van der Waals surface area contributed by atoms with Crippen LogP contribution in [-0.4, -0.2) is 67.7 Å². The molecule has 258 valence electrons. The molecule has 0 aliphatic carbocycles. The van der Waals surface area contributed by atoms with Gasteiger partial charge in [0.05, 0.1) is 11.0 Å². The monoisotopic (exact) mass is 672 g/mol. The lowest BCUT2D eigenvalue weighted by atomic mass is 9.90. The zero-order valence-electron chi connectivity index (χ0n) is 28.3. The Morgan fingerprint density at radius 1 is 1.02 bits per heavy atom. The summed E-state index contributed by atoms with van der Waals surface area (Å²) in [4.78, 5) is 34.4. The predicted molar refractivity (Wildman–Crippen MR) is 188 cm³/mol. The first kappa shape index (κ1) is 34.0. The fourth-order valence-electron chi connectivity index (χ4n) is 6.89. The maximum absolute atomic E-state index is 15.6. The zero-order valence-corrected chi connectivity index (χ0v) is 28.3. The van der Waals surface area contributed by atoms with Crippen molar-refractivity contribution in [1.82, 2.24) is 29.6 Å². The average molecular weight is 673 g/mol. The van der Waals surface area contributed by atoms with Gasteiger partial charge in [0, 0.05) is 74.8 Å². The molecular weight excluding hydrogens is 629 g/mol. The van der Waals surface area contributed by atoms with Crippen LogP contribution in [0.25, 0.3) is 28.0 Å². The number of pyridine rings is 1. The number of hydrogen-bond donors (Lipinski definition) is 3. The number of carbonyl (C=O) groups is 2. The first-order valence-electron chi connectivity index (χ1n) is 17.0. The minimum absolute atomic E-state index is 0.0468. The summed E-state index contributed by atoms with van der Waals surface area (Å²) in [6.07, 6.45) is 8.04. The first-order chi connectivity index (χ1) is 23.6. The predicted octanol–water partition coefficient (Wildman–Crippen LogP) is 5.00. The van der Waals surface area contributed by atoms with Crippen LogP contribution in [0.3, 0.4) is 0 Å². The Hall–Kier alpha value is -4.85. The highest BCUT2D eigenvalue weighted by Gasteiger charge is 2.52. The van der Waals surface area contributed by atoms with Crippen molar-refractivity contribution in [3.63, 3.8) is 0 Å². The van der Waals surface area contributed by atoms with Gasteiger partial charge in [-0.3, -0.25) is 9.59 Å². The van der Waals surface area contributed by atoms with E-state index in [9.17, 15) is 9.59 Å². The van der Waals surface area contributed by atoms with Crippen molar-refractivity contribution < 1.29 is 27.4 Å². The number of amides is 2. The molecule has 0 saturated carbocycles. The summed E-state index contributed by atoms with van der Waals surface area (Å²) >= 11 is 0. The maximum Gasteiger partial charge on any atom is 0.737 e. The van der Waals surface area contributed by atoms with Crippen LogP contribution in [0.2, 0.25) is 0 Å². The van der Waals surface area contributed by atoms with E-state index in [2.05, 4.69) is 15.6 Å². The number of carbonyl (C=O) groups excluding carboxylic acids is 2. The molecule has 4 aromatic rings. The number of unbranched alkanes of at least 4 members (excludes halogenated alkanes) is 2. The molecule has 0 radical (unpaired) electrons. The lowest BCUT2D eigenvalue weighted by Crippen LogP contribution is -2.50. The fraction of sp³-hybridized carbons (Fsp3) is 0.400. The van der Waals surface area contributed by atoms with Crippen LogP contribution in [0.5, 0.6) is 0 Å². The summed E-state index contributed by atoms with van der Waals surface area (Å²) in [5.41, 5.74) is 11.3. The van der Waals surface area contributed by atoms with Crippen LogP contribution in [-0.2, 0) is 27.5 Å². The van der Waals surface area contributed by atoms with Gasteiger partial charge in [-0.15, -0.1) is 0 Å². The Labute approximate surface area is 284 Å². The Balaban J connectivity index is 0.927. The number of benzene rings is 1. The van der Waals surface area contributed by atoms with Crippen molar-refractivity contribution >= 4 is 58.3 Å². The minimum atomic E-state index is -4.04. The summed E-state index contributed by atoms with van der Waals surface area (Å²) in [6, 6.07) is 9.54. The number of aryl methyl sites for hydroxylation is 2.